The molecule has 0 unspecified atom stereocenters. The Morgan fingerprint density at radius 2 is 2.05 bits per heavy atom. The molecule has 0 aromatic heterocycles. The predicted octanol–water partition coefficient (Wildman–Crippen LogP) is 3.48. The molecule has 0 aliphatic rings. The fourth-order valence-corrected chi connectivity index (χ4v) is 1.51. The Morgan fingerprint density at radius 3 is 2.64 bits per heavy atom. The number of rotatable bonds is 6. The van der Waals surface area contributed by atoms with E-state index in [1.165, 1.54) is 12.1 Å². The number of hydrogen-bond acceptors (Lipinski definition) is 6. The van der Waals surface area contributed by atoms with Crippen LogP contribution in [0.3, 0.4) is 0 Å². The molecule has 0 atom stereocenters. The van der Waals surface area contributed by atoms with E-state index in [0.717, 1.165) is 25.3 Å². The van der Waals surface area contributed by atoms with Gasteiger partial charge in [0.2, 0.25) is 0 Å². The number of benzene rings is 1. The predicted molar refractivity (Wildman–Crippen MR) is 83.8 cm³/mol. The third kappa shape index (κ3) is 5.20. The van der Waals surface area contributed by atoms with Crippen molar-refractivity contribution in [2.75, 3.05) is 5.43 Å². The molecule has 0 fully saturated rings. The minimum absolute atomic E-state index is 0.0744. The molecule has 8 nitrogen and oxygen atoms in total. The van der Waals surface area contributed by atoms with Crippen molar-refractivity contribution in [2.24, 2.45) is 5.10 Å². The zero-order chi connectivity index (χ0) is 16.5. The lowest BCUT2D eigenvalue weighted by Gasteiger charge is -2.02. The number of unbranched alkanes of at least 4 members (excludes halogenated alkanes) is 2. The van der Waals surface area contributed by atoms with Crippen LogP contribution in [0.1, 0.15) is 33.1 Å². The van der Waals surface area contributed by atoms with Crippen LogP contribution in [0.2, 0.25) is 0 Å². The first-order chi connectivity index (χ1) is 10.5. The van der Waals surface area contributed by atoms with E-state index in [4.69, 9.17) is 0 Å². The van der Waals surface area contributed by atoms with Crippen molar-refractivity contribution in [3.8, 4) is 11.8 Å². The number of nitro groups is 2. The van der Waals surface area contributed by atoms with Crippen molar-refractivity contribution in [3.05, 3.63) is 38.4 Å². The van der Waals surface area contributed by atoms with Crippen LogP contribution >= 0.6 is 0 Å². The monoisotopic (exact) mass is 304 g/mol. The third-order valence-corrected chi connectivity index (χ3v) is 2.66. The SMILES string of the molecule is CCCCC#CC(C)=NNc1ccc([N+](=O)[O-])cc1[N+](=O)[O-]. The number of nitrogens with one attached hydrogen (secondary N) is 1. The molecule has 0 heterocycles. The highest BCUT2D eigenvalue weighted by molar-refractivity contribution is 5.98. The summed E-state index contributed by atoms with van der Waals surface area (Å²) < 4.78 is 0. The fourth-order valence-electron chi connectivity index (χ4n) is 1.51. The second kappa shape index (κ2) is 8.36. The van der Waals surface area contributed by atoms with Crippen molar-refractivity contribution < 1.29 is 9.85 Å². The first-order valence-electron chi connectivity index (χ1n) is 6.67. The molecule has 0 spiro atoms. The van der Waals surface area contributed by atoms with Crippen LogP contribution in [0.25, 0.3) is 0 Å². The molecule has 1 N–H and O–H groups in total. The molecular formula is C14H16N4O4. The number of anilines is 1. The second-order valence-corrected chi connectivity index (χ2v) is 4.43. The summed E-state index contributed by atoms with van der Waals surface area (Å²) in [6.07, 6.45) is 2.82. The lowest BCUT2D eigenvalue weighted by molar-refractivity contribution is -0.393. The highest BCUT2D eigenvalue weighted by atomic mass is 16.6. The number of nitrogens with zero attached hydrogens (tertiary/aromatic N) is 3. The fraction of sp³-hybridized carbons (Fsp3) is 0.357. The normalized spacial score (nSPS) is 10.5. The molecule has 1 rings (SSSR count). The summed E-state index contributed by atoms with van der Waals surface area (Å²) in [5, 5.41) is 25.5. The zero-order valence-electron chi connectivity index (χ0n) is 12.3. The summed E-state index contributed by atoms with van der Waals surface area (Å²) in [7, 11) is 0. The first-order valence-corrected chi connectivity index (χ1v) is 6.67. The molecule has 1 aromatic carbocycles. The van der Waals surface area contributed by atoms with Gasteiger partial charge in [0.25, 0.3) is 5.69 Å². The zero-order valence-corrected chi connectivity index (χ0v) is 12.3. The Hall–Kier alpha value is -2.95. The van der Waals surface area contributed by atoms with Crippen LogP contribution < -0.4 is 5.43 Å². The molecule has 0 aliphatic carbocycles. The van der Waals surface area contributed by atoms with Gasteiger partial charge >= 0.3 is 5.69 Å². The lowest BCUT2D eigenvalue weighted by Crippen LogP contribution is -2.00. The summed E-state index contributed by atoms with van der Waals surface area (Å²) in [5.41, 5.74) is 2.31. The van der Waals surface area contributed by atoms with Crippen molar-refractivity contribution in [3.63, 3.8) is 0 Å². The Morgan fingerprint density at radius 1 is 1.32 bits per heavy atom. The highest BCUT2D eigenvalue weighted by Gasteiger charge is 2.19. The van der Waals surface area contributed by atoms with E-state index < -0.39 is 15.5 Å². The van der Waals surface area contributed by atoms with Crippen LogP contribution in [0.15, 0.2) is 23.3 Å². The molecule has 0 bridgehead atoms. The van der Waals surface area contributed by atoms with Gasteiger partial charge in [0.1, 0.15) is 11.4 Å². The molecule has 22 heavy (non-hydrogen) atoms. The summed E-state index contributed by atoms with van der Waals surface area (Å²) in [4.78, 5) is 20.2. The maximum absolute atomic E-state index is 11.0. The Balaban J connectivity index is 2.90. The third-order valence-electron chi connectivity index (χ3n) is 2.66. The molecule has 1 aromatic rings. The molecule has 116 valence electrons. The van der Waals surface area contributed by atoms with Crippen molar-refractivity contribution in [2.45, 2.75) is 33.1 Å². The van der Waals surface area contributed by atoms with Gasteiger partial charge in [-0.3, -0.25) is 25.7 Å². The van der Waals surface area contributed by atoms with E-state index in [-0.39, 0.29) is 11.4 Å². The summed E-state index contributed by atoms with van der Waals surface area (Å²) in [6, 6.07) is 3.31. The van der Waals surface area contributed by atoms with Gasteiger partial charge in [0.15, 0.2) is 0 Å². The first kappa shape index (κ1) is 17.1. The average molecular weight is 304 g/mol. The lowest BCUT2D eigenvalue weighted by atomic mass is 10.2. The molecule has 0 saturated heterocycles. The minimum atomic E-state index is -0.701. The second-order valence-electron chi connectivity index (χ2n) is 4.43. The van der Waals surface area contributed by atoms with E-state index in [0.29, 0.717) is 5.71 Å². The van der Waals surface area contributed by atoms with Crippen LogP contribution in [-0.4, -0.2) is 15.6 Å². The van der Waals surface area contributed by atoms with Crippen LogP contribution in [0, 0.1) is 32.1 Å². The van der Waals surface area contributed by atoms with Crippen LogP contribution in [0.4, 0.5) is 17.1 Å². The van der Waals surface area contributed by atoms with E-state index in [1.54, 1.807) is 6.92 Å². The van der Waals surface area contributed by atoms with E-state index in [2.05, 4.69) is 29.3 Å². The standard InChI is InChI=1S/C14H16N4O4/c1-3-4-5-6-7-11(2)15-16-13-9-8-12(17(19)20)10-14(13)18(21)22/h8-10,16H,3-5H2,1-2H3. The van der Waals surface area contributed by atoms with Crippen molar-refractivity contribution in [1.82, 2.24) is 0 Å². The summed E-state index contributed by atoms with van der Waals surface area (Å²) in [6.45, 7) is 3.74. The molecular weight excluding hydrogens is 288 g/mol. The quantitative estimate of drug-likeness (QED) is 0.284. The Kier molecular flexibility index (Phi) is 6.50. The highest BCUT2D eigenvalue weighted by Crippen LogP contribution is 2.28. The van der Waals surface area contributed by atoms with Gasteiger partial charge in [0.05, 0.1) is 15.9 Å². The topological polar surface area (TPSA) is 111 Å². The van der Waals surface area contributed by atoms with E-state index in [1.807, 2.05) is 0 Å². The average Bonchev–Trinajstić information content (AvgIpc) is 2.49. The van der Waals surface area contributed by atoms with Gasteiger partial charge in [-0.05, 0) is 25.3 Å². The largest absolute Gasteiger partial charge is 0.301 e. The molecule has 0 amide bonds. The van der Waals surface area contributed by atoms with Crippen LogP contribution in [0.5, 0.6) is 0 Å². The van der Waals surface area contributed by atoms with Crippen molar-refractivity contribution >= 4 is 22.8 Å². The summed E-state index contributed by atoms with van der Waals surface area (Å²) >= 11 is 0. The minimum Gasteiger partial charge on any atom is -0.271 e. The maximum atomic E-state index is 11.0. The van der Waals surface area contributed by atoms with Crippen LogP contribution in [-0.2, 0) is 0 Å². The van der Waals surface area contributed by atoms with Gasteiger partial charge in [0, 0.05) is 12.5 Å². The maximum Gasteiger partial charge on any atom is 0.301 e. The number of hydrogen-bond donors (Lipinski definition) is 1. The van der Waals surface area contributed by atoms with Gasteiger partial charge < -0.3 is 0 Å². The van der Waals surface area contributed by atoms with Gasteiger partial charge in [-0.15, -0.1) is 0 Å². The Bertz CT molecular complexity index is 659. The van der Waals surface area contributed by atoms with Crippen molar-refractivity contribution in [1.29, 1.82) is 0 Å². The molecule has 8 heteroatoms. The smallest absolute Gasteiger partial charge is 0.271 e. The molecule has 0 saturated carbocycles. The van der Waals surface area contributed by atoms with Gasteiger partial charge in [-0.1, -0.05) is 19.3 Å². The summed E-state index contributed by atoms with van der Waals surface area (Å²) in [5.74, 6) is 5.77. The van der Waals surface area contributed by atoms with Gasteiger partial charge in [-0.2, -0.15) is 5.10 Å². The van der Waals surface area contributed by atoms with E-state index >= 15 is 0 Å². The molecule has 0 aliphatic heterocycles. The van der Waals surface area contributed by atoms with E-state index in [9.17, 15) is 20.2 Å². The number of non-ortho nitro benzene ring substituents is 1. The number of hydrazone groups is 1. The van der Waals surface area contributed by atoms with Gasteiger partial charge in [-0.25, -0.2) is 0 Å². The number of nitro benzene ring substituents is 2. The Labute approximate surface area is 127 Å². The molecule has 0 radical (unpaired) electrons.